The number of amides is 1. The number of anilines is 1. The summed E-state index contributed by atoms with van der Waals surface area (Å²) in [5.74, 6) is -0.718. The standard InChI is InChI=1S/C16H13BrN2O6/c1-24-16(21)10-6-7-14(11(17)8-10)25-9-15(20)18-12-4-2-3-5-13(12)19(22)23/h2-8H,9H2,1H3,(H,18,20). The van der Waals surface area contributed by atoms with Gasteiger partial charge >= 0.3 is 5.97 Å². The Balaban J connectivity index is 2.01. The van der Waals surface area contributed by atoms with E-state index in [9.17, 15) is 19.7 Å². The first-order chi connectivity index (χ1) is 11.9. The molecular formula is C16H13BrN2O6. The zero-order valence-corrected chi connectivity index (χ0v) is 14.6. The first kappa shape index (κ1) is 18.4. The van der Waals surface area contributed by atoms with Crippen LogP contribution < -0.4 is 10.1 Å². The molecule has 2 aromatic rings. The van der Waals surface area contributed by atoms with Crippen molar-refractivity contribution in [2.45, 2.75) is 0 Å². The third-order valence-corrected chi connectivity index (χ3v) is 3.71. The second-order valence-electron chi connectivity index (χ2n) is 4.75. The maximum absolute atomic E-state index is 11.9. The summed E-state index contributed by atoms with van der Waals surface area (Å²) >= 11 is 3.24. The van der Waals surface area contributed by atoms with Crippen LogP contribution in [0.2, 0.25) is 0 Å². The summed E-state index contributed by atoms with van der Waals surface area (Å²) < 4.78 is 10.4. The molecule has 0 radical (unpaired) electrons. The summed E-state index contributed by atoms with van der Waals surface area (Å²) in [4.78, 5) is 33.7. The second kappa shape index (κ2) is 8.25. The van der Waals surface area contributed by atoms with E-state index >= 15 is 0 Å². The summed E-state index contributed by atoms with van der Waals surface area (Å²) in [6, 6.07) is 10.3. The Morgan fingerprint density at radius 1 is 1.24 bits per heavy atom. The Morgan fingerprint density at radius 3 is 2.60 bits per heavy atom. The molecule has 0 aliphatic rings. The Morgan fingerprint density at radius 2 is 1.96 bits per heavy atom. The molecule has 8 nitrogen and oxygen atoms in total. The SMILES string of the molecule is COC(=O)c1ccc(OCC(=O)Nc2ccccc2[N+](=O)[O-])c(Br)c1. The normalized spacial score (nSPS) is 10.0. The largest absolute Gasteiger partial charge is 0.483 e. The lowest BCUT2D eigenvalue weighted by Gasteiger charge is -2.10. The minimum absolute atomic E-state index is 0.0844. The topological polar surface area (TPSA) is 108 Å². The van der Waals surface area contributed by atoms with Gasteiger partial charge in [-0.05, 0) is 40.2 Å². The van der Waals surface area contributed by atoms with Crippen molar-refractivity contribution < 1.29 is 24.0 Å². The molecule has 1 N–H and O–H groups in total. The maximum atomic E-state index is 11.9. The molecule has 0 unspecified atom stereocenters. The molecule has 0 aliphatic carbocycles. The first-order valence-electron chi connectivity index (χ1n) is 6.96. The highest BCUT2D eigenvalue weighted by Gasteiger charge is 2.15. The summed E-state index contributed by atoms with van der Waals surface area (Å²) in [5, 5.41) is 13.3. The van der Waals surface area contributed by atoms with E-state index in [0.717, 1.165) is 0 Å². The van der Waals surface area contributed by atoms with Crippen LogP contribution >= 0.6 is 15.9 Å². The number of nitro groups is 1. The number of halogens is 1. The van der Waals surface area contributed by atoms with Gasteiger partial charge in [-0.3, -0.25) is 14.9 Å². The minimum atomic E-state index is -0.585. The lowest BCUT2D eigenvalue weighted by Crippen LogP contribution is -2.20. The zero-order valence-electron chi connectivity index (χ0n) is 13.0. The molecule has 25 heavy (non-hydrogen) atoms. The molecule has 0 aromatic heterocycles. The molecule has 0 heterocycles. The molecule has 2 aromatic carbocycles. The van der Waals surface area contributed by atoms with Gasteiger partial charge in [-0.15, -0.1) is 0 Å². The average molecular weight is 409 g/mol. The van der Waals surface area contributed by atoms with Crippen molar-refractivity contribution in [3.05, 3.63) is 62.6 Å². The molecule has 0 fully saturated rings. The number of hydrogen-bond donors (Lipinski definition) is 1. The van der Waals surface area contributed by atoms with Crippen LogP contribution in [0, 0.1) is 10.1 Å². The highest BCUT2D eigenvalue weighted by molar-refractivity contribution is 9.10. The monoisotopic (exact) mass is 408 g/mol. The van der Waals surface area contributed by atoms with E-state index in [1.54, 1.807) is 6.07 Å². The van der Waals surface area contributed by atoms with Crippen LogP contribution in [0.25, 0.3) is 0 Å². The Hall–Kier alpha value is -2.94. The summed E-state index contributed by atoms with van der Waals surface area (Å²) in [7, 11) is 1.27. The summed E-state index contributed by atoms with van der Waals surface area (Å²) in [6.45, 7) is -0.359. The predicted molar refractivity (Wildman–Crippen MR) is 92.7 cm³/mol. The fourth-order valence-electron chi connectivity index (χ4n) is 1.93. The zero-order chi connectivity index (χ0) is 18.4. The van der Waals surface area contributed by atoms with E-state index in [1.165, 1.54) is 43.5 Å². The minimum Gasteiger partial charge on any atom is -0.483 e. The Kier molecular flexibility index (Phi) is 6.07. The van der Waals surface area contributed by atoms with Gasteiger partial charge in [0.05, 0.1) is 22.1 Å². The number of benzene rings is 2. The predicted octanol–water partition coefficient (Wildman–Crippen LogP) is 3.16. The van der Waals surface area contributed by atoms with Gasteiger partial charge in [0, 0.05) is 6.07 Å². The number of esters is 1. The van der Waals surface area contributed by atoms with E-state index in [4.69, 9.17) is 4.74 Å². The van der Waals surface area contributed by atoms with Gasteiger partial charge in [-0.1, -0.05) is 12.1 Å². The number of nitro benzene ring substituents is 1. The van der Waals surface area contributed by atoms with Gasteiger partial charge in [-0.25, -0.2) is 4.79 Å². The number of carbonyl (C=O) groups is 2. The van der Waals surface area contributed by atoms with E-state index in [1.807, 2.05) is 0 Å². The van der Waals surface area contributed by atoms with Gasteiger partial charge in [0.1, 0.15) is 11.4 Å². The van der Waals surface area contributed by atoms with Crippen molar-refractivity contribution in [2.24, 2.45) is 0 Å². The van der Waals surface area contributed by atoms with Crippen LogP contribution in [0.5, 0.6) is 5.75 Å². The van der Waals surface area contributed by atoms with Crippen molar-refractivity contribution in [2.75, 3.05) is 19.0 Å². The maximum Gasteiger partial charge on any atom is 0.337 e. The summed E-state index contributed by atoms with van der Waals surface area (Å²) in [6.07, 6.45) is 0. The number of hydrogen-bond acceptors (Lipinski definition) is 6. The summed E-state index contributed by atoms with van der Waals surface area (Å²) in [5.41, 5.74) is 0.201. The highest BCUT2D eigenvalue weighted by Crippen LogP contribution is 2.27. The molecule has 0 saturated heterocycles. The first-order valence-corrected chi connectivity index (χ1v) is 7.75. The molecule has 0 atom stereocenters. The van der Waals surface area contributed by atoms with Crippen molar-refractivity contribution in [1.82, 2.24) is 0 Å². The third-order valence-electron chi connectivity index (χ3n) is 3.09. The molecule has 0 saturated carbocycles. The van der Waals surface area contributed by atoms with Crippen molar-refractivity contribution >= 4 is 39.2 Å². The molecule has 9 heteroatoms. The van der Waals surface area contributed by atoms with E-state index < -0.39 is 16.8 Å². The van der Waals surface area contributed by atoms with Crippen molar-refractivity contribution in [1.29, 1.82) is 0 Å². The Bertz CT molecular complexity index is 824. The number of nitrogens with zero attached hydrogens (tertiary/aromatic N) is 1. The number of para-hydroxylation sites is 2. The van der Waals surface area contributed by atoms with Gasteiger partial charge in [-0.2, -0.15) is 0 Å². The number of carbonyl (C=O) groups excluding carboxylic acids is 2. The number of methoxy groups -OCH3 is 1. The highest BCUT2D eigenvalue weighted by atomic mass is 79.9. The molecule has 0 bridgehead atoms. The molecule has 1 amide bonds. The second-order valence-corrected chi connectivity index (χ2v) is 5.60. The molecular weight excluding hydrogens is 396 g/mol. The van der Waals surface area contributed by atoms with E-state index in [0.29, 0.717) is 15.8 Å². The van der Waals surface area contributed by atoms with Crippen LogP contribution in [-0.2, 0) is 9.53 Å². The van der Waals surface area contributed by atoms with Gasteiger partial charge < -0.3 is 14.8 Å². The molecule has 0 aliphatic heterocycles. The Labute approximate surface area is 151 Å². The fourth-order valence-corrected chi connectivity index (χ4v) is 2.42. The third kappa shape index (κ3) is 4.77. The van der Waals surface area contributed by atoms with Crippen molar-refractivity contribution in [3.63, 3.8) is 0 Å². The lowest BCUT2D eigenvalue weighted by atomic mass is 10.2. The van der Waals surface area contributed by atoms with Gasteiger partial charge in [0.2, 0.25) is 0 Å². The van der Waals surface area contributed by atoms with Crippen molar-refractivity contribution in [3.8, 4) is 5.75 Å². The van der Waals surface area contributed by atoms with Gasteiger partial charge in [0.25, 0.3) is 11.6 Å². The number of ether oxygens (including phenoxy) is 2. The van der Waals surface area contributed by atoms with Crippen LogP contribution in [0.15, 0.2) is 46.9 Å². The number of rotatable bonds is 6. The van der Waals surface area contributed by atoms with Crippen LogP contribution in [-0.4, -0.2) is 30.5 Å². The molecule has 0 spiro atoms. The van der Waals surface area contributed by atoms with E-state index in [2.05, 4.69) is 26.0 Å². The van der Waals surface area contributed by atoms with E-state index in [-0.39, 0.29) is 18.0 Å². The fraction of sp³-hybridized carbons (Fsp3) is 0.125. The quantitative estimate of drug-likeness (QED) is 0.446. The smallest absolute Gasteiger partial charge is 0.337 e. The number of nitrogens with one attached hydrogen (secondary N) is 1. The van der Waals surface area contributed by atoms with Crippen LogP contribution in [0.4, 0.5) is 11.4 Å². The molecule has 2 rings (SSSR count). The average Bonchev–Trinajstić information content (AvgIpc) is 2.60. The van der Waals surface area contributed by atoms with Crippen LogP contribution in [0.3, 0.4) is 0 Å². The molecule has 130 valence electrons. The lowest BCUT2D eigenvalue weighted by molar-refractivity contribution is -0.383. The van der Waals surface area contributed by atoms with Gasteiger partial charge in [0.15, 0.2) is 6.61 Å². The van der Waals surface area contributed by atoms with Crippen LogP contribution in [0.1, 0.15) is 10.4 Å².